The van der Waals surface area contributed by atoms with Gasteiger partial charge in [-0.05, 0) is 34.0 Å². The lowest BCUT2D eigenvalue weighted by Gasteiger charge is -2.22. The molecule has 0 radical (unpaired) electrons. The Morgan fingerprint density at radius 3 is 2.67 bits per heavy atom. The van der Waals surface area contributed by atoms with Crippen molar-refractivity contribution in [3.8, 4) is 0 Å². The van der Waals surface area contributed by atoms with Crippen LogP contribution in [0.2, 0.25) is 0 Å². The van der Waals surface area contributed by atoms with Crippen molar-refractivity contribution in [2.24, 2.45) is 0 Å². The standard InChI is InChI=1S/C12H22N4OS/c1-6-16-10(9(13)8(2)15-16)11(17)14-7-12(3,4)18-5/h6-7,13H2,1-5H3,(H,14,17). The zero-order chi connectivity index (χ0) is 13.9. The first kappa shape index (κ1) is 14.9. The number of anilines is 1. The lowest BCUT2D eigenvalue weighted by molar-refractivity contribution is 0.0941. The molecule has 6 heteroatoms. The Bertz CT molecular complexity index is 440. The molecule has 1 rings (SSSR count). The molecule has 0 aliphatic carbocycles. The van der Waals surface area contributed by atoms with Gasteiger partial charge in [-0.15, -0.1) is 0 Å². The van der Waals surface area contributed by atoms with Gasteiger partial charge in [0.1, 0.15) is 5.69 Å². The van der Waals surface area contributed by atoms with Gasteiger partial charge in [-0.3, -0.25) is 9.48 Å². The van der Waals surface area contributed by atoms with Crippen molar-refractivity contribution in [3.05, 3.63) is 11.4 Å². The lowest BCUT2D eigenvalue weighted by Crippen LogP contribution is -2.37. The van der Waals surface area contributed by atoms with Crippen molar-refractivity contribution in [1.29, 1.82) is 0 Å². The SMILES string of the molecule is CCn1nc(C)c(N)c1C(=O)NCC(C)(C)SC. The van der Waals surface area contributed by atoms with Crippen LogP contribution in [0.4, 0.5) is 5.69 Å². The summed E-state index contributed by atoms with van der Waals surface area (Å²) in [6.07, 6.45) is 2.03. The number of nitrogens with zero attached hydrogens (tertiary/aromatic N) is 2. The van der Waals surface area contributed by atoms with E-state index in [0.717, 1.165) is 0 Å². The maximum atomic E-state index is 12.2. The molecule has 0 bridgehead atoms. The second kappa shape index (κ2) is 5.65. The Balaban J connectivity index is 2.85. The van der Waals surface area contributed by atoms with Gasteiger partial charge in [0.15, 0.2) is 0 Å². The van der Waals surface area contributed by atoms with Gasteiger partial charge < -0.3 is 11.1 Å². The number of carbonyl (C=O) groups is 1. The third-order valence-electron chi connectivity index (χ3n) is 2.92. The fourth-order valence-electron chi connectivity index (χ4n) is 1.51. The molecular weight excluding hydrogens is 248 g/mol. The van der Waals surface area contributed by atoms with E-state index in [1.807, 2.05) is 20.1 Å². The molecule has 18 heavy (non-hydrogen) atoms. The summed E-state index contributed by atoms with van der Waals surface area (Å²) in [5, 5.41) is 7.16. The van der Waals surface area contributed by atoms with Crippen LogP contribution in [0, 0.1) is 6.92 Å². The van der Waals surface area contributed by atoms with Crippen molar-refractivity contribution >= 4 is 23.4 Å². The van der Waals surface area contributed by atoms with E-state index >= 15 is 0 Å². The number of carbonyl (C=O) groups excluding carboxylic acids is 1. The smallest absolute Gasteiger partial charge is 0.271 e. The molecule has 0 aliphatic rings. The van der Waals surface area contributed by atoms with Gasteiger partial charge in [0.05, 0.1) is 11.4 Å². The van der Waals surface area contributed by atoms with Gasteiger partial charge in [0.2, 0.25) is 0 Å². The lowest BCUT2D eigenvalue weighted by atomic mass is 10.2. The minimum atomic E-state index is -0.155. The van der Waals surface area contributed by atoms with Gasteiger partial charge in [-0.1, -0.05) is 0 Å². The third-order valence-corrected chi connectivity index (χ3v) is 4.17. The summed E-state index contributed by atoms with van der Waals surface area (Å²) in [5.41, 5.74) is 7.54. The number of nitrogens with one attached hydrogen (secondary N) is 1. The topological polar surface area (TPSA) is 72.9 Å². The first-order valence-electron chi connectivity index (χ1n) is 5.98. The quantitative estimate of drug-likeness (QED) is 0.853. The van der Waals surface area contributed by atoms with E-state index in [1.54, 1.807) is 16.4 Å². The second-order valence-electron chi connectivity index (χ2n) is 4.81. The number of aryl methyl sites for hydroxylation is 2. The van der Waals surface area contributed by atoms with E-state index in [1.165, 1.54) is 0 Å². The molecule has 0 spiro atoms. The van der Waals surface area contributed by atoms with Crippen LogP contribution in [-0.2, 0) is 6.54 Å². The van der Waals surface area contributed by atoms with Crippen LogP contribution in [0.15, 0.2) is 0 Å². The molecule has 1 heterocycles. The molecule has 0 atom stereocenters. The van der Waals surface area contributed by atoms with Gasteiger partial charge in [-0.2, -0.15) is 16.9 Å². The summed E-state index contributed by atoms with van der Waals surface area (Å²) in [5.74, 6) is -0.155. The van der Waals surface area contributed by atoms with Crippen LogP contribution in [0.1, 0.15) is 37.0 Å². The number of nitrogen functional groups attached to an aromatic ring is 1. The molecular formula is C12H22N4OS. The predicted octanol–water partition coefficient (Wildman–Crippen LogP) is 1.67. The highest BCUT2D eigenvalue weighted by atomic mass is 32.2. The number of hydrogen-bond donors (Lipinski definition) is 2. The summed E-state index contributed by atoms with van der Waals surface area (Å²) < 4.78 is 1.66. The van der Waals surface area contributed by atoms with Crippen LogP contribution in [0.3, 0.4) is 0 Å². The minimum absolute atomic E-state index is 0.0104. The summed E-state index contributed by atoms with van der Waals surface area (Å²) in [6.45, 7) is 9.15. The highest BCUT2D eigenvalue weighted by molar-refractivity contribution is 7.99. The largest absolute Gasteiger partial charge is 0.395 e. The van der Waals surface area contributed by atoms with Gasteiger partial charge in [0, 0.05) is 17.8 Å². The Morgan fingerprint density at radius 1 is 1.56 bits per heavy atom. The molecule has 1 aromatic rings. The number of nitrogens with two attached hydrogens (primary N) is 1. The monoisotopic (exact) mass is 270 g/mol. The number of rotatable bonds is 5. The van der Waals surface area contributed by atoms with E-state index in [-0.39, 0.29) is 10.7 Å². The summed E-state index contributed by atoms with van der Waals surface area (Å²) in [7, 11) is 0. The molecule has 0 fully saturated rings. The maximum absolute atomic E-state index is 12.2. The second-order valence-corrected chi connectivity index (χ2v) is 6.32. The average molecular weight is 270 g/mol. The molecule has 0 unspecified atom stereocenters. The number of hydrogen-bond acceptors (Lipinski definition) is 4. The summed E-state index contributed by atoms with van der Waals surface area (Å²) >= 11 is 1.72. The fraction of sp³-hybridized carbons (Fsp3) is 0.667. The molecule has 1 amide bonds. The number of aromatic nitrogens is 2. The van der Waals surface area contributed by atoms with E-state index in [0.29, 0.717) is 30.2 Å². The fourth-order valence-corrected chi connectivity index (χ4v) is 1.73. The van der Waals surface area contributed by atoms with Gasteiger partial charge in [-0.25, -0.2) is 0 Å². The molecule has 0 saturated carbocycles. The Kier molecular flexibility index (Phi) is 4.67. The van der Waals surface area contributed by atoms with Crippen molar-refractivity contribution in [1.82, 2.24) is 15.1 Å². The zero-order valence-corrected chi connectivity index (χ0v) is 12.5. The van der Waals surface area contributed by atoms with E-state index in [4.69, 9.17) is 5.73 Å². The van der Waals surface area contributed by atoms with E-state index < -0.39 is 0 Å². The number of thioether (sulfide) groups is 1. The Hall–Kier alpha value is -1.17. The van der Waals surface area contributed by atoms with Crippen LogP contribution in [0.25, 0.3) is 0 Å². The van der Waals surface area contributed by atoms with E-state index in [9.17, 15) is 4.79 Å². The van der Waals surface area contributed by atoms with Crippen molar-refractivity contribution in [3.63, 3.8) is 0 Å². The van der Waals surface area contributed by atoms with E-state index in [2.05, 4.69) is 24.3 Å². The normalized spacial score (nSPS) is 11.6. The van der Waals surface area contributed by atoms with Gasteiger partial charge in [0.25, 0.3) is 5.91 Å². The van der Waals surface area contributed by atoms with Crippen molar-refractivity contribution in [2.75, 3.05) is 18.5 Å². The molecule has 0 aromatic carbocycles. The molecule has 0 aliphatic heterocycles. The van der Waals surface area contributed by atoms with Crippen LogP contribution < -0.4 is 11.1 Å². The summed E-state index contributed by atoms with van der Waals surface area (Å²) in [6, 6.07) is 0. The molecule has 3 N–H and O–H groups in total. The zero-order valence-electron chi connectivity index (χ0n) is 11.7. The molecule has 0 saturated heterocycles. The predicted molar refractivity (Wildman–Crippen MR) is 77.0 cm³/mol. The third kappa shape index (κ3) is 3.19. The van der Waals surface area contributed by atoms with Crippen molar-refractivity contribution < 1.29 is 4.79 Å². The number of amides is 1. The minimum Gasteiger partial charge on any atom is -0.395 e. The van der Waals surface area contributed by atoms with Crippen LogP contribution >= 0.6 is 11.8 Å². The first-order valence-corrected chi connectivity index (χ1v) is 7.21. The molecule has 5 nitrogen and oxygen atoms in total. The summed E-state index contributed by atoms with van der Waals surface area (Å²) in [4.78, 5) is 12.2. The Labute approximate surface area is 112 Å². The molecule has 102 valence electrons. The van der Waals surface area contributed by atoms with Gasteiger partial charge >= 0.3 is 0 Å². The first-order chi connectivity index (χ1) is 8.32. The Morgan fingerprint density at radius 2 is 2.17 bits per heavy atom. The average Bonchev–Trinajstić information content (AvgIpc) is 2.62. The van der Waals surface area contributed by atoms with Crippen LogP contribution in [0.5, 0.6) is 0 Å². The molecule has 1 aromatic heterocycles. The highest BCUT2D eigenvalue weighted by Gasteiger charge is 2.22. The van der Waals surface area contributed by atoms with Crippen molar-refractivity contribution in [2.45, 2.75) is 39.0 Å². The van der Waals surface area contributed by atoms with Crippen LogP contribution in [-0.4, -0.2) is 33.2 Å². The highest BCUT2D eigenvalue weighted by Crippen LogP contribution is 2.21. The maximum Gasteiger partial charge on any atom is 0.271 e.